The van der Waals surface area contributed by atoms with Crippen LogP contribution >= 0.6 is 0 Å². The summed E-state index contributed by atoms with van der Waals surface area (Å²) in [5, 5.41) is 21.7. The zero-order valence-corrected chi connectivity index (χ0v) is 9.96. The normalized spacial score (nSPS) is 10.1. The number of carbonyl (C=O) groups is 1. The second kappa shape index (κ2) is 7.39. The van der Waals surface area contributed by atoms with E-state index < -0.39 is 4.92 Å². The second-order valence-corrected chi connectivity index (χ2v) is 3.88. The first-order valence-electron chi connectivity index (χ1n) is 5.74. The minimum atomic E-state index is -0.461. The highest BCUT2D eigenvalue weighted by molar-refractivity contribution is 5.75. The van der Waals surface area contributed by atoms with E-state index >= 15 is 0 Å². The Morgan fingerprint density at radius 2 is 1.94 bits per heavy atom. The van der Waals surface area contributed by atoms with Crippen molar-refractivity contribution in [3.05, 3.63) is 39.9 Å². The molecule has 0 saturated carbocycles. The molecule has 6 heteroatoms. The summed E-state index contributed by atoms with van der Waals surface area (Å²) in [4.78, 5) is 21.3. The van der Waals surface area contributed by atoms with E-state index in [1.165, 1.54) is 12.1 Å². The SMILES string of the molecule is O=C(CCCCO)NCc1ccc([N+](=O)[O-])cc1. The van der Waals surface area contributed by atoms with Gasteiger partial charge in [-0.25, -0.2) is 0 Å². The summed E-state index contributed by atoms with van der Waals surface area (Å²) in [7, 11) is 0. The predicted molar refractivity (Wildman–Crippen MR) is 65.9 cm³/mol. The van der Waals surface area contributed by atoms with Gasteiger partial charge in [-0.05, 0) is 18.4 Å². The Kier molecular flexibility index (Phi) is 5.79. The summed E-state index contributed by atoms with van der Waals surface area (Å²) in [5.41, 5.74) is 0.851. The van der Waals surface area contributed by atoms with Gasteiger partial charge in [0, 0.05) is 31.7 Å². The van der Waals surface area contributed by atoms with Crippen molar-refractivity contribution in [1.29, 1.82) is 0 Å². The number of non-ortho nitro benzene ring substituents is 1. The van der Waals surface area contributed by atoms with Gasteiger partial charge in [0.15, 0.2) is 0 Å². The van der Waals surface area contributed by atoms with Gasteiger partial charge >= 0.3 is 0 Å². The number of nitrogens with zero attached hydrogens (tertiary/aromatic N) is 1. The van der Waals surface area contributed by atoms with Crippen LogP contribution in [0.25, 0.3) is 0 Å². The fourth-order valence-corrected chi connectivity index (χ4v) is 1.42. The van der Waals surface area contributed by atoms with Gasteiger partial charge in [-0.2, -0.15) is 0 Å². The fourth-order valence-electron chi connectivity index (χ4n) is 1.42. The third-order valence-electron chi connectivity index (χ3n) is 2.45. The van der Waals surface area contributed by atoms with Crippen molar-refractivity contribution >= 4 is 11.6 Å². The number of benzene rings is 1. The number of nitro groups is 1. The molecule has 0 aromatic heterocycles. The van der Waals surface area contributed by atoms with Gasteiger partial charge in [-0.3, -0.25) is 14.9 Å². The van der Waals surface area contributed by atoms with Crippen molar-refractivity contribution in [3.63, 3.8) is 0 Å². The van der Waals surface area contributed by atoms with Crippen molar-refractivity contribution in [2.45, 2.75) is 25.8 Å². The number of nitrogens with one attached hydrogen (secondary N) is 1. The van der Waals surface area contributed by atoms with Crippen LogP contribution in [0.4, 0.5) is 5.69 Å². The van der Waals surface area contributed by atoms with Gasteiger partial charge in [0.25, 0.3) is 5.69 Å². The van der Waals surface area contributed by atoms with Crippen LogP contribution in [0, 0.1) is 10.1 Å². The predicted octanol–water partition coefficient (Wildman–Crippen LogP) is 1.37. The fraction of sp³-hybridized carbons (Fsp3) is 0.417. The third kappa shape index (κ3) is 4.92. The van der Waals surface area contributed by atoms with E-state index in [0.29, 0.717) is 25.8 Å². The van der Waals surface area contributed by atoms with Crippen LogP contribution in [0.5, 0.6) is 0 Å². The van der Waals surface area contributed by atoms with Gasteiger partial charge in [0.05, 0.1) is 4.92 Å². The first kappa shape index (κ1) is 14.1. The number of unbranched alkanes of at least 4 members (excludes halogenated alkanes) is 1. The summed E-state index contributed by atoms with van der Waals surface area (Å²) >= 11 is 0. The van der Waals surface area contributed by atoms with Crippen molar-refractivity contribution in [2.24, 2.45) is 0 Å². The van der Waals surface area contributed by atoms with E-state index in [0.717, 1.165) is 5.56 Å². The van der Waals surface area contributed by atoms with E-state index in [4.69, 9.17) is 5.11 Å². The van der Waals surface area contributed by atoms with Crippen LogP contribution in [0.15, 0.2) is 24.3 Å². The van der Waals surface area contributed by atoms with Crippen LogP contribution in [-0.2, 0) is 11.3 Å². The topological polar surface area (TPSA) is 92.5 Å². The van der Waals surface area contributed by atoms with E-state index in [1.54, 1.807) is 12.1 Å². The minimum Gasteiger partial charge on any atom is -0.396 e. The number of carbonyl (C=O) groups excluding carboxylic acids is 1. The largest absolute Gasteiger partial charge is 0.396 e. The molecule has 1 rings (SSSR count). The molecule has 1 aromatic carbocycles. The number of nitro benzene ring substituents is 1. The first-order chi connectivity index (χ1) is 8.63. The maximum absolute atomic E-state index is 11.4. The van der Waals surface area contributed by atoms with Gasteiger partial charge in [0.1, 0.15) is 0 Å². The molecule has 2 N–H and O–H groups in total. The Balaban J connectivity index is 2.34. The smallest absolute Gasteiger partial charge is 0.269 e. The van der Waals surface area contributed by atoms with E-state index in [-0.39, 0.29) is 18.2 Å². The average Bonchev–Trinajstić information content (AvgIpc) is 2.37. The Bertz CT molecular complexity index is 403. The molecular weight excluding hydrogens is 236 g/mol. The van der Waals surface area contributed by atoms with E-state index in [1.807, 2.05) is 0 Å². The van der Waals surface area contributed by atoms with E-state index in [2.05, 4.69) is 5.32 Å². The molecule has 0 aliphatic rings. The Labute approximate surface area is 105 Å². The molecule has 6 nitrogen and oxygen atoms in total. The molecule has 0 saturated heterocycles. The lowest BCUT2D eigenvalue weighted by Gasteiger charge is -2.04. The highest BCUT2D eigenvalue weighted by Gasteiger charge is 2.05. The number of aliphatic hydroxyl groups is 1. The highest BCUT2D eigenvalue weighted by atomic mass is 16.6. The maximum atomic E-state index is 11.4. The Morgan fingerprint density at radius 3 is 2.50 bits per heavy atom. The molecule has 0 spiro atoms. The van der Waals surface area contributed by atoms with Crippen molar-refractivity contribution in [2.75, 3.05) is 6.61 Å². The van der Waals surface area contributed by atoms with E-state index in [9.17, 15) is 14.9 Å². The molecule has 0 radical (unpaired) electrons. The molecule has 98 valence electrons. The lowest BCUT2D eigenvalue weighted by molar-refractivity contribution is -0.384. The van der Waals surface area contributed by atoms with Crippen molar-refractivity contribution in [3.8, 4) is 0 Å². The summed E-state index contributed by atoms with van der Waals surface area (Å²) in [6.07, 6.45) is 1.65. The van der Waals surface area contributed by atoms with Crippen molar-refractivity contribution < 1.29 is 14.8 Å². The van der Waals surface area contributed by atoms with Gasteiger partial charge in [-0.1, -0.05) is 12.1 Å². The molecule has 0 atom stereocenters. The van der Waals surface area contributed by atoms with Crippen LogP contribution in [-0.4, -0.2) is 22.5 Å². The third-order valence-corrected chi connectivity index (χ3v) is 2.45. The molecule has 0 bridgehead atoms. The lowest BCUT2D eigenvalue weighted by Crippen LogP contribution is -2.22. The van der Waals surface area contributed by atoms with Gasteiger partial charge in [0.2, 0.25) is 5.91 Å². The Hall–Kier alpha value is -1.95. The molecular formula is C12H16N2O4. The molecule has 0 aliphatic carbocycles. The summed E-state index contributed by atoms with van der Waals surface area (Å²) in [6.45, 7) is 0.450. The Morgan fingerprint density at radius 1 is 1.28 bits per heavy atom. The summed E-state index contributed by atoms with van der Waals surface area (Å²) in [5.74, 6) is -0.0817. The summed E-state index contributed by atoms with van der Waals surface area (Å²) in [6, 6.07) is 6.05. The average molecular weight is 252 g/mol. The highest BCUT2D eigenvalue weighted by Crippen LogP contribution is 2.11. The lowest BCUT2D eigenvalue weighted by atomic mass is 10.2. The number of hydrogen-bond acceptors (Lipinski definition) is 4. The van der Waals surface area contributed by atoms with Crippen LogP contribution in [0.2, 0.25) is 0 Å². The van der Waals surface area contributed by atoms with Crippen LogP contribution in [0.3, 0.4) is 0 Å². The molecule has 1 aromatic rings. The first-order valence-corrected chi connectivity index (χ1v) is 5.74. The van der Waals surface area contributed by atoms with Crippen LogP contribution in [0.1, 0.15) is 24.8 Å². The molecule has 0 unspecified atom stereocenters. The number of hydrogen-bond donors (Lipinski definition) is 2. The van der Waals surface area contributed by atoms with Gasteiger partial charge < -0.3 is 10.4 Å². The monoisotopic (exact) mass is 252 g/mol. The molecule has 0 heterocycles. The standard InChI is InChI=1S/C12H16N2O4/c15-8-2-1-3-12(16)13-9-10-4-6-11(7-5-10)14(17)18/h4-7,15H,1-3,8-9H2,(H,13,16). The second-order valence-electron chi connectivity index (χ2n) is 3.88. The van der Waals surface area contributed by atoms with Crippen molar-refractivity contribution in [1.82, 2.24) is 5.32 Å². The number of amides is 1. The maximum Gasteiger partial charge on any atom is 0.269 e. The molecule has 0 fully saturated rings. The summed E-state index contributed by atoms with van der Waals surface area (Å²) < 4.78 is 0. The molecule has 18 heavy (non-hydrogen) atoms. The number of aliphatic hydroxyl groups excluding tert-OH is 1. The van der Waals surface area contributed by atoms with Crippen LogP contribution < -0.4 is 5.32 Å². The molecule has 1 amide bonds. The minimum absolute atomic E-state index is 0.0352. The molecule has 0 aliphatic heterocycles. The number of rotatable bonds is 7. The zero-order chi connectivity index (χ0) is 13.4. The quantitative estimate of drug-likeness (QED) is 0.435. The van der Waals surface area contributed by atoms with Gasteiger partial charge in [-0.15, -0.1) is 0 Å². The zero-order valence-electron chi connectivity index (χ0n) is 9.96.